The lowest BCUT2D eigenvalue weighted by Crippen LogP contribution is -2.22. The van der Waals surface area contributed by atoms with E-state index >= 15 is 0 Å². The topological polar surface area (TPSA) is 68.0 Å². The molecule has 0 aliphatic rings. The minimum Gasteiger partial charge on any atom is -0.328 e. The molecule has 0 aromatic carbocycles. The van der Waals surface area contributed by atoms with Gasteiger partial charge in [0.2, 0.25) is 5.91 Å². The van der Waals surface area contributed by atoms with Crippen molar-refractivity contribution >= 4 is 27.7 Å². The summed E-state index contributed by atoms with van der Waals surface area (Å²) in [5, 5.41) is 2.80. The van der Waals surface area contributed by atoms with Crippen LogP contribution >= 0.6 is 15.9 Å². The van der Waals surface area contributed by atoms with Gasteiger partial charge < -0.3 is 11.1 Å². The van der Waals surface area contributed by atoms with Crippen molar-refractivity contribution in [1.82, 2.24) is 4.98 Å². The molecule has 1 rings (SSSR count). The van der Waals surface area contributed by atoms with Gasteiger partial charge in [0.05, 0.1) is 0 Å². The number of halogens is 1. The highest BCUT2D eigenvalue weighted by molar-refractivity contribution is 9.10. The molecular formula is C13H20BrN3O. The van der Waals surface area contributed by atoms with Gasteiger partial charge in [-0.25, -0.2) is 4.98 Å². The number of carbonyl (C=O) groups is 1. The Morgan fingerprint density at radius 3 is 2.72 bits per heavy atom. The van der Waals surface area contributed by atoms with Crippen LogP contribution in [0.1, 0.15) is 33.1 Å². The molecule has 0 aliphatic heterocycles. The molecule has 0 saturated heterocycles. The molecule has 5 heteroatoms. The summed E-state index contributed by atoms with van der Waals surface area (Å²) in [5.41, 5.74) is 5.68. The third-order valence-electron chi connectivity index (χ3n) is 2.72. The number of hydrogen-bond donors (Lipinski definition) is 2. The van der Waals surface area contributed by atoms with Crippen LogP contribution < -0.4 is 11.1 Å². The van der Waals surface area contributed by atoms with Crippen LogP contribution in [0.25, 0.3) is 0 Å². The second-order valence-electron chi connectivity index (χ2n) is 4.66. The summed E-state index contributed by atoms with van der Waals surface area (Å²) < 4.78 is 0.894. The highest BCUT2D eigenvalue weighted by atomic mass is 79.9. The number of pyridine rings is 1. The van der Waals surface area contributed by atoms with E-state index in [0.29, 0.717) is 5.82 Å². The van der Waals surface area contributed by atoms with E-state index < -0.39 is 0 Å². The number of nitrogens with zero attached hydrogens (tertiary/aromatic N) is 1. The Kier molecular flexibility index (Phi) is 6.29. The van der Waals surface area contributed by atoms with Crippen LogP contribution in [0.2, 0.25) is 0 Å². The molecule has 3 N–H and O–H groups in total. The van der Waals surface area contributed by atoms with Crippen molar-refractivity contribution in [3.8, 4) is 0 Å². The van der Waals surface area contributed by atoms with Gasteiger partial charge in [-0.05, 0) is 47.8 Å². The minimum atomic E-state index is -0.0193. The van der Waals surface area contributed by atoms with Gasteiger partial charge in [-0.1, -0.05) is 13.3 Å². The molecular weight excluding hydrogens is 294 g/mol. The molecule has 0 aliphatic carbocycles. The second-order valence-corrected chi connectivity index (χ2v) is 5.58. The maximum absolute atomic E-state index is 11.9. The first-order valence-corrected chi connectivity index (χ1v) is 6.96. The molecule has 2 unspecified atom stereocenters. The van der Waals surface area contributed by atoms with Gasteiger partial charge in [0.25, 0.3) is 0 Å². The Morgan fingerprint density at radius 2 is 2.17 bits per heavy atom. The van der Waals surface area contributed by atoms with E-state index in [1.165, 1.54) is 0 Å². The molecule has 4 nitrogen and oxygen atoms in total. The van der Waals surface area contributed by atoms with Crippen LogP contribution in [-0.4, -0.2) is 16.9 Å². The van der Waals surface area contributed by atoms with Crippen LogP contribution in [0.3, 0.4) is 0 Å². The second kappa shape index (κ2) is 7.48. The van der Waals surface area contributed by atoms with Crippen molar-refractivity contribution in [1.29, 1.82) is 0 Å². The number of hydrogen-bond acceptors (Lipinski definition) is 3. The fourth-order valence-electron chi connectivity index (χ4n) is 1.58. The van der Waals surface area contributed by atoms with Gasteiger partial charge in [-0.15, -0.1) is 0 Å². The molecule has 100 valence electrons. The number of carbonyl (C=O) groups excluding carboxylic acids is 1. The summed E-state index contributed by atoms with van der Waals surface area (Å²) in [7, 11) is 0. The average Bonchev–Trinajstić information content (AvgIpc) is 2.31. The minimum absolute atomic E-state index is 0.00879. The quantitative estimate of drug-likeness (QED) is 0.848. The van der Waals surface area contributed by atoms with Gasteiger partial charge >= 0.3 is 0 Å². The number of rotatable bonds is 6. The molecule has 2 atom stereocenters. The number of nitrogens with one attached hydrogen (secondary N) is 1. The zero-order chi connectivity index (χ0) is 13.5. The fraction of sp³-hybridized carbons (Fsp3) is 0.538. The standard InChI is InChI=1S/C13H20BrN3O/c1-9(4-3-5-10(2)15)13(18)17-12-7-6-11(14)8-16-12/h6-10H,3-5,15H2,1-2H3,(H,16,17,18). The normalized spacial score (nSPS) is 14.0. The zero-order valence-electron chi connectivity index (χ0n) is 10.8. The van der Waals surface area contributed by atoms with Crippen molar-refractivity contribution in [3.63, 3.8) is 0 Å². The smallest absolute Gasteiger partial charge is 0.228 e. The molecule has 1 amide bonds. The Bertz CT molecular complexity index is 378. The molecule has 18 heavy (non-hydrogen) atoms. The molecule has 0 radical (unpaired) electrons. The van der Waals surface area contributed by atoms with E-state index in [2.05, 4.69) is 26.2 Å². The predicted molar refractivity (Wildman–Crippen MR) is 77.2 cm³/mol. The maximum Gasteiger partial charge on any atom is 0.228 e. The summed E-state index contributed by atoms with van der Waals surface area (Å²) in [6, 6.07) is 3.83. The van der Waals surface area contributed by atoms with Crippen LogP contribution in [0.5, 0.6) is 0 Å². The Labute approximate surface area is 116 Å². The van der Waals surface area contributed by atoms with Crippen molar-refractivity contribution in [2.45, 2.75) is 39.2 Å². The van der Waals surface area contributed by atoms with E-state index in [1.807, 2.05) is 19.9 Å². The lowest BCUT2D eigenvalue weighted by molar-refractivity contribution is -0.119. The lowest BCUT2D eigenvalue weighted by atomic mass is 10.0. The van der Waals surface area contributed by atoms with E-state index in [9.17, 15) is 4.79 Å². The first-order valence-electron chi connectivity index (χ1n) is 6.17. The van der Waals surface area contributed by atoms with Gasteiger partial charge in [-0.3, -0.25) is 4.79 Å². The Balaban J connectivity index is 2.37. The summed E-state index contributed by atoms with van der Waals surface area (Å²) >= 11 is 3.30. The van der Waals surface area contributed by atoms with Crippen LogP contribution in [0.4, 0.5) is 5.82 Å². The van der Waals surface area contributed by atoms with Crippen molar-refractivity contribution < 1.29 is 4.79 Å². The van der Waals surface area contributed by atoms with Gasteiger partial charge in [0.15, 0.2) is 0 Å². The van der Waals surface area contributed by atoms with Crippen molar-refractivity contribution in [2.24, 2.45) is 11.7 Å². The van der Waals surface area contributed by atoms with E-state index in [4.69, 9.17) is 5.73 Å². The average molecular weight is 314 g/mol. The van der Waals surface area contributed by atoms with Crippen molar-refractivity contribution in [2.75, 3.05) is 5.32 Å². The largest absolute Gasteiger partial charge is 0.328 e. The van der Waals surface area contributed by atoms with Crippen LogP contribution in [0.15, 0.2) is 22.8 Å². The Morgan fingerprint density at radius 1 is 1.44 bits per heavy atom. The van der Waals surface area contributed by atoms with Crippen LogP contribution in [0, 0.1) is 5.92 Å². The number of aromatic nitrogens is 1. The van der Waals surface area contributed by atoms with Gasteiger partial charge in [-0.2, -0.15) is 0 Å². The first kappa shape index (κ1) is 15.1. The highest BCUT2D eigenvalue weighted by Crippen LogP contribution is 2.14. The van der Waals surface area contributed by atoms with E-state index in [-0.39, 0.29) is 17.9 Å². The number of nitrogens with two attached hydrogens (primary N) is 1. The molecule has 0 spiro atoms. The Hall–Kier alpha value is -0.940. The number of anilines is 1. The third-order valence-corrected chi connectivity index (χ3v) is 3.19. The lowest BCUT2D eigenvalue weighted by Gasteiger charge is -2.12. The molecule has 1 aromatic rings. The van der Waals surface area contributed by atoms with Crippen LogP contribution in [-0.2, 0) is 4.79 Å². The first-order chi connectivity index (χ1) is 8.49. The monoisotopic (exact) mass is 313 g/mol. The third kappa shape index (κ3) is 5.60. The van der Waals surface area contributed by atoms with Crippen molar-refractivity contribution in [3.05, 3.63) is 22.8 Å². The zero-order valence-corrected chi connectivity index (χ0v) is 12.4. The number of amides is 1. The molecule has 0 saturated carbocycles. The summed E-state index contributed by atoms with van der Waals surface area (Å²) in [5.74, 6) is 0.575. The maximum atomic E-state index is 11.9. The molecule has 1 aromatic heterocycles. The molecule has 1 heterocycles. The summed E-state index contributed by atoms with van der Waals surface area (Å²) in [4.78, 5) is 16.0. The van der Waals surface area contributed by atoms with Gasteiger partial charge in [0.1, 0.15) is 5.82 Å². The van der Waals surface area contributed by atoms with E-state index in [1.54, 1.807) is 12.3 Å². The van der Waals surface area contributed by atoms with Gasteiger partial charge in [0, 0.05) is 22.6 Å². The summed E-state index contributed by atoms with van der Waals surface area (Å²) in [6.07, 6.45) is 4.44. The van der Waals surface area contributed by atoms with E-state index in [0.717, 1.165) is 23.7 Å². The fourth-order valence-corrected chi connectivity index (χ4v) is 1.81. The highest BCUT2D eigenvalue weighted by Gasteiger charge is 2.13. The molecule has 0 fully saturated rings. The summed E-state index contributed by atoms with van der Waals surface area (Å²) in [6.45, 7) is 3.91. The predicted octanol–water partition coefficient (Wildman–Crippen LogP) is 2.94. The SMILES string of the molecule is CC(N)CCCC(C)C(=O)Nc1ccc(Br)cn1. The molecule has 0 bridgehead atoms.